The zero-order chi connectivity index (χ0) is 11.7. The van der Waals surface area contributed by atoms with E-state index in [4.69, 9.17) is 5.73 Å². The van der Waals surface area contributed by atoms with Gasteiger partial charge in [-0.1, -0.05) is 19.9 Å². The van der Waals surface area contributed by atoms with Gasteiger partial charge in [-0.15, -0.1) is 0 Å². The quantitative estimate of drug-likeness (QED) is 0.783. The molecule has 0 aliphatic carbocycles. The second-order valence-electron chi connectivity index (χ2n) is 4.40. The summed E-state index contributed by atoms with van der Waals surface area (Å²) in [5.74, 6) is 0.448. The molecule has 1 aromatic heterocycles. The maximum atomic E-state index is 5.89. The van der Waals surface area contributed by atoms with E-state index in [-0.39, 0.29) is 0 Å². The Hall–Kier alpha value is -1.77. The molecule has 0 radical (unpaired) electrons. The first-order chi connectivity index (χ1) is 7.58. The lowest BCUT2D eigenvalue weighted by molar-refractivity contribution is 0.831. The number of nitrogens with zero attached hydrogens (tertiary/aromatic N) is 2. The third kappa shape index (κ3) is 1.94. The van der Waals surface area contributed by atoms with Crippen LogP contribution < -0.4 is 5.73 Å². The van der Waals surface area contributed by atoms with Gasteiger partial charge in [0, 0.05) is 17.6 Å². The van der Waals surface area contributed by atoms with E-state index in [0.717, 1.165) is 22.6 Å². The number of imidazole rings is 1. The van der Waals surface area contributed by atoms with Crippen molar-refractivity contribution in [2.45, 2.75) is 26.7 Å². The largest absolute Gasteiger partial charge is 0.398 e. The van der Waals surface area contributed by atoms with E-state index < -0.39 is 0 Å². The molecule has 0 atom stereocenters. The molecular weight excluding hydrogens is 198 g/mol. The predicted molar refractivity (Wildman–Crippen MR) is 66.8 cm³/mol. The number of nitrogen functional groups attached to an aromatic ring is 1. The number of hydrogen-bond acceptors (Lipinski definition) is 2. The molecule has 0 unspecified atom stereocenters. The number of aromatic nitrogens is 2. The summed E-state index contributed by atoms with van der Waals surface area (Å²) in [5.41, 5.74) is 9.97. The Morgan fingerprint density at radius 2 is 2.06 bits per heavy atom. The summed E-state index contributed by atoms with van der Waals surface area (Å²) in [6, 6.07) is 6.05. The minimum Gasteiger partial charge on any atom is -0.398 e. The summed E-state index contributed by atoms with van der Waals surface area (Å²) in [7, 11) is 0. The minimum absolute atomic E-state index is 0.448. The highest BCUT2D eigenvalue weighted by Crippen LogP contribution is 2.18. The molecule has 0 aliphatic rings. The Kier molecular flexibility index (Phi) is 2.69. The SMILES string of the molecule is Cc1ccc(-n2cnc(C(C)C)c2)cc1N. The third-order valence-electron chi connectivity index (χ3n) is 2.76. The van der Waals surface area contributed by atoms with Gasteiger partial charge < -0.3 is 10.3 Å². The Balaban J connectivity index is 2.39. The van der Waals surface area contributed by atoms with E-state index in [9.17, 15) is 0 Å². The van der Waals surface area contributed by atoms with Crippen LogP contribution in [-0.4, -0.2) is 9.55 Å². The van der Waals surface area contributed by atoms with Crippen LogP contribution >= 0.6 is 0 Å². The van der Waals surface area contributed by atoms with Crippen molar-refractivity contribution in [3.05, 3.63) is 42.0 Å². The van der Waals surface area contributed by atoms with Gasteiger partial charge in [0.15, 0.2) is 0 Å². The molecule has 0 aliphatic heterocycles. The van der Waals surface area contributed by atoms with Gasteiger partial charge >= 0.3 is 0 Å². The molecule has 84 valence electrons. The fraction of sp³-hybridized carbons (Fsp3) is 0.308. The van der Waals surface area contributed by atoms with Gasteiger partial charge in [0.05, 0.1) is 12.0 Å². The Morgan fingerprint density at radius 3 is 2.62 bits per heavy atom. The van der Waals surface area contributed by atoms with Crippen molar-refractivity contribution in [3.8, 4) is 5.69 Å². The van der Waals surface area contributed by atoms with Crippen LogP contribution in [0.2, 0.25) is 0 Å². The lowest BCUT2D eigenvalue weighted by Gasteiger charge is -2.05. The number of anilines is 1. The molecule has 3 heteroatoms. The summed E-state index contributed by atoms with van der Waals surface area (Å²) < 4.78 is 2.01. The van der Waals surface area contributed by atoms with E-state index in [1.807, 2.05) is 30.0 Å². The first kappa shape index (κ1) is 10.7. The predicted octanol–water partition coefficient (Wildman–Crippen LogP) is 2.89. The first-order valence-electron chi connectivity index (χ1n) is 5.48. The summed E-state index contributed by atoms with van der Waals surface area (Å²) in [6.07, 6.45) is 3.88. The molecule has 0 amide bonds. The molecule has 1 aromatic carbocycles. The minimum atomic E-state index is 0.448. The summed E-state index contributed by atoms with van der Waals surface area (Å²) in [5, 5.41) is 0. The van der Waals surface area contributed by atoms with Crippen LogP contribution in [0.1, 0.15) is 31.0 Å². The summed E-state index contributed by atoms with van der Waals surface area (Å²) >= 11 is 0. The number of rotatable bonds is 2. The number of nitrogens with two attached hydrogens (primary N) is 1. The van der Waals surface area contributed by atoms with Gasteiger partial charge in [-0.25, -0.2) is 4.98 Å². The van der Waals surface area contributed by atoms with E-state index in [1.165, 1.54) is 0 Å². The van der Waals surface area contributed by atoms with E-state index in [0.29, 0.717) is 5.92 Å². The topological polar surface area (TPSA) is 43.8 Å². The zero-order valence-electron chi connectivity index (χ0n) is 9.94. The average molecular weight is 215 g/mol. The van der Waals surface area contributed by atoms with Gasteiger partial charge in [-0.2, -0.15) is 0 Å². The van der Waals surface area contributed by atoms with Crippen LogP contribution in [0, 0.1) is 6.92 Å². The monoisotopic (exact) mass is 215 g/mol. The zero-order valence-corrected chi connectivity index (χ0v) is 9.94. The number of aryl methyl sites for hydroxylation is 1. The fourth-order valence-electron chi connectivity index (χ4n) is 1.57. The molecule has 1 heterocycles. The van der Waals surface area contributed by atoms with Crippen molar-refractivity contribution in [2.75, 3.05) is 5.73 Å². The van der Waals surface area contributed by atoms with Gasteiger partial charge in [0.1, 0.15) is 0 Å². The van der Waals surface area contributed by atoms with E-state index in [1.54, 1.807) is 0 Å². The number of hydrogen-bond donors (Lipinski definition) is 1. The van der Waals surface area contributed by atoms with Crippen LogP contribution in [-0.2, 0) is 0 Å². The normalized spacial score (nSPS) is 11.0. The lowest BCUT2D eigenvalue weighted by Crippen LogP contribution is -1.95. The van der Waals surface area contributed by atoms with Crippen LogP contribution in [0.5, 0.6) is 0 Å². The molecule has 0 spiro atoms. The average Bonchev–Trinajstić information content (AvgIpc) is 2.71. The maximum Gasteiger partial charge on any atom is 0.0995 e. The van der Waals surface area contributed by atoms with Gasteiger partial charge in [0.25, 0.3) is 0 Å². The second kappa shape index (κ2) is 4.00. The molecular formula is C13H17N3. The standard InChI is InChI=1S/C13H17N3/c1-9(2)13-7-16(8-15-13)11-5-4-10(3)12(14)6-11/h4-9H,14H2,1-3H3. The van der Waals surface area contributed by atoms with Gasteiger partial charge in [-0.05, 0) is 30.5 Å². The molecule has 3 nitrogen and oxygen atoms in total. The Bertz CT molecular complexity index is 498. The maximum absolute atomic E-state index is 5.89. The van der Waals surface area contributed by atoms with E-state index in [2.05, 4.69) is 31.1 Å². The Morgan fingerprint density at radius 1 is 1.31 bits per heavy atom. The molecule has 2 rings (SSSR count). The highest BCUT2D eigenvalue weighted by Gasteiger charge is 2.05. The number of benzene rings is 1. The summed E-state index contributed by atoms with van der Waals surface area (Å²) in [4.78, 5) is 4.37. The van der Waals surface area contributed by atoms with Crippen molar-refractivity contribution < 1.29 is 0 Å². The van der Waals surface area contributed by atoms with E-state index >= 15 is 0 Å². The van der Waals surface area contributed by atoms with Crippen molar-refractivity contribution in [1.82, 2.24) is 9.55 Å². The lowest BCUT2D eigenvalue weighted by atomic mass is 10.1. The van der Waals surface area contributed by atoms with Crippen LogP contribution in [0.4, 0.5) is 5.69 Å². The van der Waals surface area contributed by atoms with Gasteiger partial charge in [0.2, 0.25) is 0 Å². The van der Waals surface area contributed by atoms with Crippen molar-refractivity contribution in [2.24, 2.45) is 0 Å². The molecule has 0 bridgehead atoms. The molecule has 16 heavy (non-hydrogen) atoms. The molecule has 0 saturated carbocycles. The molecule has 2 N–H and O–H groups in total. The van der Waals surface area contributed by atoms with Crippen molar-refractivity contribution >= 4 is 5.69 Å². The van der Waals surface area contributed by atoms with Crippen molar-refractivity contribution in [1.29, 1.82) is 0 Å². The van der Waals surface area contributed by atoms with Crippen LogP contribution in [0.25, 0.3) is 5.69 Å². The molecule has 0 fully saturated rings. The first-order valence-corrected chi connectivity index (χ1v) is 5.48. The fourth-order valence-corrected chi connectivity index (χ4v) is 1.57. The van der Waals surface area contributed by atoms with Crippen LogP contribution in [0.3, 0.4) is 0 Å². The highest BCUT2D eigenvalue weighted by molar-refractivity contribution is 5.53. The van der Waals surface area contributed by atoms with Crippen molar-refractivity contribution in [3.63, 3.8) is 0 Å². The highest BCUT2D eigenvalue weighted by atomic mass is 15.0. The molecule has 2 aromatic rings. The smallest absolute Gasteiger partial charge is 0.0995 e. The van der Waals surface area contributed by atoms with Crippen LogP contribution in [0.15, 0.2) is 30.7 Å². The second-order valence-corrected chi connectivity index (χ2v) is 4.40. The summed E-state index contributed by atoms with van der Waals surface area (Å²) in [6.45, 7) is 6.28. The third-order valence-corrected chi connectivity index (χ3v) is 2.76. The van der Waals surface area contributed by atoms with Gasteiger partial charge in [-0.3, -0.25) is 0 Å². The molecule has 0 saturated heterocycles. The Labute approximate surface area is 95.9 Å².